The highest BCUT2D eigenvalue weighted by Crippen LogP contribution is 2.38. The Hall–Kier alpha value is -1.63. The maximum Gasteiger partial charge on any atom is 0.311 e. The molecular formula is C16H19F2NO3S. The lowest BCUT2D eigenvalue weighted by Gasteiger charge is -2.28. The second-order valence-electron chi connectivity index (χ2n) is 6.00. The molecule has 0 bridgehead atoms. The largest absolute Gasteiger partial charge is 0.481 e. The van der Waals surface area contributed by atoms with Crippen molar-refractivity contribution in [3.05, 3.63) is 29.8 Å². The molecule has 0 aromatic heterocycles. The lowest BCUT2D eigenvalue weighted by Crippen LogP contribution is -2.40. The van der Waals surface area contributed by atoms with E-state index in [-0.39, 0.29) is 18.4 Å². The lowest BCUT2D eigenvalue weighted by atomic mass is 9.76. The zero-order chi connectivity index (χ0) is 17.2. The van der Waals surface area contributed by atoms with E-state index in [0.29, 0.717) is 35.2 Å². The summed E-state index contributed by atoms with van der Waals surface area (Å²) in [6.07, 6.45) is 0.422. The fraction of sp³-hybridized carbons (Fsp3) is 0.500. The minimum absolute atomic E-state index is 0.0809. The van der Waals surface area contributed by atoms with Crippen LogP contribution in [0.4, 0.5) is 8.78 Å². The molecule has 0 saturated carbocycles. The van der Waals surface area contributed by atoms with Gasteiger partial charge in [-0.05, 0) is 36.6 Å². The standard InChI is InChI=1S/C16H19F2NO3S/c1-10(2)16(14(21)22)7-8-19(9-16)13(20)11-3-5-12(6-4-11)23-15(17)18/h3-6,10,15H,7-9H2,1-2H3,(H,21,22). The Morgan fingerprint density at radius 3 is 2.30 bits per heavy atom. The zero-order valence-electron chi connectivity index (χ0n) is 13.0. The summed E-state index contributed by atoms with van der Waals surface area (Å²) in [7, 11) is 0. The lowest BCUT2D eigenvalue weighted by molar-refractivity contribution is -0.150. The molecule has 2 rings (SSSR count). The van der Waals surface area contributed by atoms with E-state index in [1.807, 2.05) is 13.8 Å². The second kappa shape index (κ2) is 6.86. The summed E-state index contributed by atoms with van der Waals surface area (Å²) in [5.74, 6) is -3.73. The van der Waals surface area contributed by atoms with Crippen molar-refractivity contribution in [2.24, 2.45) is 11.3 Å². The smallest absolute Gasteiger partial charge is 0.311 e. The van der Waals surface area contributed by atoms with Gasteiger partial charge in [0.1, 0.15) is 0 Å². The Kier molecular flexibility index (Phi) is 5.29. The number of hydrogen-bond acceptors (Lipinski definition) is 3. The molecule has 1 unspecified atom stereocenters. The number of hydrogen-bond donors (Lipinski definition) is 1. The van der Waals surface area contributed by atoms with Crippen molar-refractivity contribution in [2.45, 2.75) is 30.9 Å². The molecule has 1 aliphatic rings. The van der Waals surface area contributed by atoms with Gasteiger partial charge in [0.05, 0.1) is 5.41 Å². The van der Waals surface area contributed by atoms with Gasteiger partial charge in [0.2, 0.25) is 0 Å². The van der Waals surface area contributed by atoms with E-state index in [2.05, 4.69) is 0 Å². The molecule has 1 aromatic rings. The number of carboxylic acids is 1. The third kappa shape index (κ3) is 3.65. The van der Waals surface area contributed by atoms with E-state index < -0.39 is 17.1 Å². The molecule has 1 amide bonds. The van der Waals surface area contributed by atoms with Crippen LogP contribution in [0.5, 0.6) is 0 Å². The number of rotatable bonds is 5. The van der Waals surface area contributed by atoms with E-state index in [1.54, 1.807) is 0 Å². The first-order chi connectivity index (χ1) is 10.8. The highest BCUT2D eigenvalue weighted by Gasteiger charge is 2.48. The number of nitrogens with zero attached hydrogens (tertiary/aromatic N) is 1. The number of amides is 1. The number of carboxylic acid groups (broad SMARTS) is 1. The van der Waals surface area contributed by atoms with Crippen LogP contribution in [0.1, 0.15) is 30.6 Å². The molecule has 1 aliphatic heterocycles. The first kappa shape index (κ1) is 17.7. The average molecular weight is 343 g/mol. The fourth-order valence-corrected chi connectivity index (χ4v) is 3.36. The van der Waals surface area contributed by atoms with Gasteiger partial charge in [-0.2, -0.15) is 8.78 Å². The van der Waals surface area contributed by atoms with Gasteiger partial charge in [0.15, 0.2) is 0 Å². The summed E-state index contributed by atoms with van der Waals surface area (Å²) in [5.41, 5.74) is -0.533. The number of halogens is 2. The number of carbonyl (C=O) groups excluding carboxylic acids is 1. The molecule has 1 aromatic carbocycles. The highest BCUT2D eigenvalue weighted by molar-refractivity contribution is 7.99. The molecule has 7 heteroatoms. The molecule has 0 aliphatic carbocycles. The third-order valence-corrected chi connectivity index (χ3v) is 5.17. The summed E-state index contributed by atoms with van der Waals surface area (Å²) in [4.78, 5) is 26.0. The van der Waals surface area contributed by atoms with E-state index in [0.717, 1.165) is 0 Å². The molecule has 1 atom stereocenters. The summed E-state index contributed by atoms with van der Waals surface area (Å²) < 4.78 is 24.6. The molecule has 1 N–H and O–H groups in total. The number of carbonyl (C=O) groups is 2. The van der Waals surface area contributed by atoms with Crippen LogP contribution in [0.2, 0.25) is 0 Å². The predicted molar refractivity (Wildman–Crippen MR) is 83.7 cm³/mol. The van der Waals surface area contributed by atoms with Crippen molar-refractivity contribution in [2.75, 3.05) is 13.1 Å². The van der Waals surface area contributed by atoms with Crippen molar-refractivity contribution < 1.29 is 23.5 Å². The Morgan fingerprint density at radius 1 is 1.26 bits per heavy atom. The van der Waals surface area contributed by atoms with Gasteiger partial charge >= 0.3 is 5.97 Å². The van der Waals surface area contributed by atoms with Crippen LogP contribution in [-0.4, -0.2) is 40.7 Å². The molecule has 0 spiro atoms. The van der Waals surface area contributed by atoms with Crippen LogP contribution in [0.15, 0.2) is 29.2 Å². The predicted octanol–water partition coefficient (Wildman–Crippen LogP) is 3.57. The second-order valence-corrected chi connectivity index (χ2v) is 7.06. The first-order valence-electron chi connectivity index (χ1n) is 7.34. The first-order valence-corrected chi connectivity index (χ1v) is 8.22. The van der Waals surface area contributed by atoms with Crippen molar-refractivity contribution in [3.63, 3.8) is 0 Å². The van der Waals surface area contributed by atoms with Crippen LogP contribution in [-0.2, 0) is 4.79 Å². The van der Waals surface area contributed by atoms with Crippen molar-refractivity contribution in [1.82, 2.24) is 4.90 Å². The number of likely N-dealkylation sites (tertiary alicyclic amines) is 1. The van der Waals surface area contributed by atoms with Crippen LogP contribution >= 0.6 is 11.8 Å². The van der Waals surface area contributed by atoms with Crippen LogP contribution < -0.4 is 0 Å². The van der Waals surface area contributed by atoms with Crippen LogP contribution in [0.25, 0.3) is 0 Å². The van der Waals surface area contributed by atoms with E-state index >= 15 is 0 Å². The zero-order valence-corrected chi connectivity index (χ0v) is 13.8. The molecule has 1 heterocycles. The van der Waals surface area contributed by atoms with E-state index in [9.17, 15) is 23.5 Å². The maximum absolute atomic E-state index is 12.5. The molecule has 0 radical (unpaired) electrons. The van der Waals surface area contributed by atoms with Gasteiger partial charge in [0, 0.05) is 23.5 Å². The minimum Gasteiger partial charge on any atom is -0.481 e. The Bertz CT molecular complexity index is 591. The normalized spacial score (nSPS) is 21.2. The average Bonchev–Trinajstić information content (AvgIpc) is 2.93. The van der Waals surface area contributed by atoms with Gasteiger partial charge in [-0.25, -0.2) is 0 Å². The number of aliphatic carboxylic acids is 1. The Labute approximate surface area is 137 Å². The fourth-order valence-electron chi connectivity index (χ4n) is 2.86. The molecular weight excluding hydrogens is 324 g/mol. The SMILES string of the molecule is CC(C)C1(C(=O)O)CCN(C(=O)c2ccc(SC(F)F)cc2)C1. The van der Waals surface area contributed by atoms with Gasteiger partial charge in [-0.1, -0.05) is 25.6 Å². The van der Waals surface area contributed by atoms with Gasteiger partial charge in [0.25, 0.3) is 11.7 Å². The molecule has 1 fully saturated rings. The van der Waals surface area contributed by atoms with Crippen molar-refractivity contribution in [1.29, 1.82) is 0 Å². The third-order valence-electron chi connectivity index (χ3n) is 4.45. The number of thioether (sulfide) groups is 1. The summed E-state index contributed by atoms with van der Waals surface area (Å²) in [6, 6.07) is 5.96. The topological polar surface area (TPSA) is 57.6 Å². The number of benzene rings is 1. The highest BCUT2D eigenvalue weighted by atomic mass is 32.2. The van der Waals surface area contributed by atoms with Gasteiger partial charge < -0.3 is 10.0 Å². The maximum atomic E-state index is 12.5. The minimum atomic E-state index is -2.50. The van der Waals surface area contributed by atoms with Gasteiger partial charge in [-0.3, -0.25) is 9.59 Å². The Balaban J connectivity index is 2.11. The summed E-state index contributed by atoms with van der Waals surface area (Å²) in [5, 5.41) is 9.51. The molecule has 126 valence electrons. The van der Waals surface area contributed by atoms with Crippen molar-refractivity contribution in [3.8, 4) is 0 Å². The molecule has 4 nitrogen and oxygen atoms in total. The quantitative estimate of drug-likeness (QED) is 0.831. The van der Waals surface area contributed by atoms with Crippen LogP contribution in [0, 0.1) is 11.3 Å². The Morgan fingerprint density at radius 2 is 1.87 bits per heavy atom. The van der Waals surface area contributed by atoms with Crippen LogP contribution in [0.3, 0.4) is 0 Å². The summed E-state index contributed by atoms with van der Waals surface area (Å²) in [6.45, 7) is 4.25. The summed E-state index contributed by atoms with van der Waals surface area (Å²) >= 11 is 0.423. The van der Waals surface area contributed by atoms with Gasteiger partial charge in [-0.15, -0.1) is 0 Å². The number of alkyl halides is 2. The van der Waals surface area contributed by atoms with E-state index in [4.69, 9.17) is 0 Å². The molecule has 23 heavy (non-hydrogen) atoms. The monoisotopic (exact) mass is 343 g/mol. The molecule has 1 saturated heterocycles. The van der Waals surface area contributed by atoms with Crippen molar-refractivity contribution >= 4 is 23.6 Å². The van der Waals surface area contributed by atoms with E-state index in [1.165, 1.54) is 29.2 Å².